The Kier molecular flexibility index (Phi) is 27.3. The van der Waals surface area contributed by atoms with Gasteiger partial charge in [-0.3, -0.25) is 19.9 Å². The maximum atomic E-state index is 4.93. The Hall–Kier alpha value is -20.6. The van der Waals surface area contributed by atoms with Gasteiger partial charge in [-0.05, 0) is 160 Å². The van der Waals surface area contributed by atoms with Gasteiger partial charge in [0.25, 0.3) is 0 Å². The summed E-state index contributed by atoms with van der Waals surface area (Å²) in [4.78, 5) is 75.1. The zero-order valence-corrected chi connectivity index (χ0v) is 81.1. The summed E-state index contributed by atoms with van der Waals surface area (Å²) in [6.45, 7) is 0. The molecule has 706 valence electrons. The van der Waals surface area contributed by atoms with Gasteiger partial charge in [0.2, 0.25) is 0 Å². The van der Waals surface area contributed by atoms with Crippen LogP contribution in [0.25, 0.3) is 247 Å². The van der Waals surface area contributed by atoms with E-state index < -0.39 is 0 Å². The van der Waals surface area contributed by atoms with Crippen LogP contribution in [0.15, 0.2) is 547 Å². The Labute approximate surface area is 867 Å². The normalized spacial score (nSPS) is 10.9. The van der Waals surface area contributed by atoms with E-state index in [1.165, 1.54) is 32.3 Å². The van der Waals surface area contributed by atoms with E-state index in [-0.39, 0.29) is 0 Å². The summed E-state index contributed by atoms with van der Waals surface area (Å²) in [6, 6.07) is 169. The number of benzene rings is 18. The first-order chi connectivity index (χ1) is 74.3. The number of hydrogen-bond acceptors (Lipinski definition) is 16. The lowest BCUT2D eigenvalue weighted by Gasteiger charge is -2.12. The van der Waals surface area contributed by atoms with Gasteiger partial charge in [0.15, 0.2) is 69.9 Å². The average molecular weight is 1920 g/mol. The van der Waals surface area contributed by atoms with E-state index in [0.29, 0.717) is 69.9 Å². The van der Waals surface area contributed by atoms with Gasteiger partial charge in [0, 0.05) is 133 Å². The molecule has 0 saturated heterocycles. The van der Waals surface area contributed by atoms with Crippen molar-refractivity contribution in [2.45, 2.75) is 0 Å². The van der Waals surface area contributed by atoms with Crippen molar-refractivity contribution in [1.29, 1.82) is 0 Å². The molecule has 8 heterocycles. The second-order valence-corrected chi connectivity index (χ2v) is 35.7. The number of hydrogen-bond donors (Lipinski definition) is 0. The van der Waals surface area contributed by atoms with Crippen LogP contribution in [0.4, 0.5) is 0 Å². The zero-order chi connectivity index (χ0) is 100. The van der Waals surface area contributed by atoms with Crippen molar-refractivity contribution in [3.8, 4) is 215 Å². The fourth-order valence-corrected chi connectivity index (χ4v) is 18.3. The molecule has 0 amide bonds. The highest BCUT2D eigenvalue weighted by Crippen LogP contribution is 2.41. The Morgan fingerprint density at radius 1 is 0.0867 bits per heavy atom. The molecule has 0 aliphatic carbocycles. The minimum absolute atomic E-state index is 0.634. The van der Waals surface area contributed by atoms with Crippen LogP contribution in [-0.2, 0) is 0 Å². The van der Waals surface area contributed by atoms with Crippen molar-refractivity contribution < 1.29 is 0 Å². The lowest BCUT2D eigenvalue weighted by Crippen LogP contribution is -2.00. The van der Waals surface area contributed by atoms with Crippen LogP contribution in [0.3, 0.4) is 0 Å². The predicted molar refractivity (Wildman–Crippen MR) is 606 cm³/mol. The van der Waals surface area contributed by atoms with Crippen LogP contribution in [0.5, 0.6) is 0 Å². The standard InChI is InChI=1S/C37H25N5.C33H21N3.2C32H22N4/c1-3-9-27(10-4-1)35-40-36(28-11-5-2-6-12-28)42-37(41-35)29-17-15-26(16-18-29)32-21-33(30-13-7-19-38-24-30)23-34(22-32)31-14-8-20-39-25-31;1-3-11-22(12-4-1)31-34-32(23-13-5-2-6-14-23)36-33(35-31)24-19-20-29-27-17-8-7-15-25(27)26-16-9-10-18-28(26)30(29)21-24;1-3-9-24(10-4-1)30-34-31(25-11-5-2-6-12-25)36-32(35-30)26-18-16-23(17-19-26)27-13-7-14-28(21-27)29-15-8-20-33-22-29;1-3-8-25(9-4-1)30-34-31(26-10-5-2-6-11-26)36-32(35-30)27-16-14-23(15-17-27)28-12-7-13-29(22-28)24-18-20-33-21-19-24/h1-25H;1-21H;2*1-22H. The van der Waals surface area contributed by atoms with Crippen molar-refractivity contribution in [2.75, 3.05) is 0 Å². The third-order valence-corrected chi connectivity index (χ3v) is 25.9. The van der Waals surface area contributed by atoms with Crippen LogP contribution >= 0.6 is 0 Å². The molecule has 26 rings (SSSR count). The second kappa shape index (κ2) is 44.1. The quantitative estimate of drug-likeness (QED) is 0.0690. The van der Waals surface area contributed by atoms with Gasteiger partial charge in [0.1, 0.15) is 0 Å². The molecule has 16 nitrogen and oxygen atoms in total. The molecule has 0 aliphatic heterocycles. The Balaban J connectivity index is 0.000000110. The maximum absolute atomic E-state index is 4.93. The molecule has 150 heavy (non-hydrogen) atoms. The molecule has 18 aromatic carbocycles. The van der Waals surface area contributed by atoms with Crippen molar-refractivity contribution in [1.82, 2.24) is 79.7 Å². The molecule has 0 radical (unpaired) electrons. The lowest BCUT2D eigenvalue weighted by atomic mass is 9.93. The van der Waals surface area contributed by atoms with E-state index in [1.807, 2.05) is 304 Å². The highest BCUT2D eigenvalue weighted by molar-refractivity contribution is 6.25. The second-order valence-electron chi connectivity index (χ2n) is 35.7. The van der Waals surface area contributed by atoms with Crippen molar-refractivity contribution >= 4 is 32.3 Å². The number of fused-ring (bicyclic) bond motifs is 6. The van der Waals surface area contributed by atoms with E-state index >= 15 is 0 Å². The summed E-state index contributed by atoms with van der Waals surface area (Å²) < 4.78 is 0. The SMILES string of the molecule is c1ccc(-c2nc(-c3ccccc3)nc(-c3ccc(-c4cc(-c5cccnc5)cc(-c5cccnc5)c4)cc3)n2)cc1.c1ccc(-c2nc(-c3ccccc3)nc(-c3ccc(-c4cccc(-c5cccnc5)c4)cc3)n2)cc1.c1ccc(-c2nc(-c3ccccc3)nc(-c3ccc(-c4cccc(-c5ccncc5)c4)cc3)n2)cc1.c1ccc(-c2nc(-c3ccccc3)nc(-c3ccc4c5ccccc5c5ccccc5c4c3)n2)cc1. The van der Waals surface area contributed by atoms with Gasteiger partial charge in [-0.1, -0.05) is 431 Å². The lowest BCUT2D eigenvalue weighted by molar-refractivity contribution is 1.07. The first-order valence-electron chi connectivity index (χ1n) is 49.4. The minimum Gasteiger partial charge on any atom is -0.265 e. The molecule has 0 saturated carbocycles. The fourth-order valence-electron chi connectivity index (χ4n) is 18.3. The highest BCUT2D eigenvalue weighted by atomic mass is 15.1. The summed E-state index contributed by atoms with van der Waals surface area (Å²) >= 11 is 0. The molecule has 0 aliphatic rings. The van der Waals surface area contributed by atoms with Gasteiger partial charge in [-0.25, -0.2) is 59.8 Å². The molecule has 16 heteroatoms. The molecule has 0 atom stereocenters. The average Bonchev–Trinajstić information content (AvgIpc) is 0.736. The van der Waals surface area contributed by atoms with Crippen LogP contribution in [-0.4, -0.2) is 79.7 Å². The first-order valence-corrected chi connectivity index (χ1v) is 49.4. The van der Waals surface area contributed by atoms with Gasteiger partial charge < -0.3 is 0 Å². The van der Waals surface area contributed by atoms with Crippen LogP contribution in [0, 0.1) is 0 Å². The maximum Gasteiger partial charge on any atom is 0.164 e. The predicted octanol–water partition coefficient (Wildman–Crippen LogP) is 32.2. The summed E-state index contributed by atoms with van der Waals surface area (Å²) in [7, 11) is 0. The van der Waals surface area contributed by atoms with E-state index in [4.69, 9.17) is 59.8 Å². The monoisotopic (exact) mass is 1920 g/mol. The van der Waals surface area contributed by atoms with E-state index in [0.717, 1.165) is 145 Å². The molecule has 0 bridgehead atoms. The van der Waals surface area contributed by atoms with Crippen LogP contribution in [0.2, 0.25) is 0 Å². The smallest absolute Gasteiger partial charge is 0.164 e. The minimum atomic E-state index is 0.634. The molecule has 0 fully saturated rings. The summed E-state index contributed by atoms with van der Waals surface area (Å²) in [6.07, 6.45) is 14.7. The molecular weight excluding hydrogens is 1830 g/mol. The number of nitrogens with zero attached hydrogens (tertiary/aromatic N) is 16. The summed E-state index contributed by atoms with van der Waals surface area (Å²) in [5, 5.41) is 7.44. The van der Waals surface area contributed by atoms with Crippen LogP contribution in [0.1, 0.15) is 0 Å². The fraction of sp³-hybridized carbons (Fsp3) is 0. The number of pyridine rings is 4. The summed E-state index contributed by atoms with van der Waals surface area (Å²) in [5.41, 5.74) is 27.1. The zero-order valence-electron chi connectivity index (χ0n) is 81.1. The van der Waals surface area contributed by atoms with Crippen LogP contribution < -0.4 is 0 Å². The third kappa shape index (κ3) is 21.4. The number of aromatic nitrogens is 16. The molecular formula is C134H90N16. The van der Waals surface area contributed by atoms with E-state index in [9.17, 15) is 0 Å². The molecule has 26 aromatic rings. The van der Waals surface area contributed by atoms with Gasteiger partial charge in [0.05, 0.1) is 0 Å². The van der Waals surface area contributed by atoms with E-state index in [2.05, 4.69) is 244 Å². The Morgan fingerprint density at radius 3 is 0.520 bits per heavy atom. The molecule has 0 N–H and O–H groups in total. The first kappa shape index (κ1) is 93.1. The third-order valence-electron chi connectivity index (χ3n) is 25.9. The Bertz CT molecular complexity index is 8440. The Morgan fingerprint density at radius 2 is 0.260 bits per heavy atom. The van der Waals surface area contributed by atoms with Crippen molar-refractivity contribution in [3.63, 3.8) is 0 Å². The van der Waals surface area contributed by atoms with Crippen molar-refractivity contribution in [2.24, 2.45) is 0 Å². The van der Waals surface area contributed by atoms with Crippen molar-refractivity contribution in [3.05, 3.63) is 547 Å². The van der Waals surface area contributed by atoms with Gasteiger partial charge >= 0.3 is 0 Å². The largest absolute Gasteiger partial charge is 0.265 e. The topological polar surface area (TPSA) is 206 Å². The van der Waals surface area contributed by atoms with E-state index in [1.54, 1.807) is 18.6 Å². The highest BCUT2D eigenvalue weighted by Gasteiger charge is 2.21. The molecule has 0 unspecified atom stereocenters. The van der Waals surface area contributed by atoms with Gasteiger partial charge in [-0.2, -0.15) is 0 Å². The molecule has 0 spiro atoms. The van der Waals surface area contributed by atoms with Gasteiger partial charge in [-0.15, -0.1) is 0 Å². The number of rotatable bonds is 19. The summed E-state index contributed by atoms with van der Waals surface area (Å²) in [5.74, 6) is 7.88. The molecule has 8 aromatic heterocycles.